The zero-order valence-electron chi connectivity index (χ0n) is 29.2. The van der Waals surface area contributed by atoms with Crippen LogP contribution in [0.25, 0.3) is 93.2 Å². The first-order valence-electron chi connectivity index (χ1n) is 18.2. The molecule has 0 atom stereocenters. The van der Waals surface area contributed by atoms with Gasteiger partial charge in [0.05, 0.1) is 28.4 Å². The van der Waals surface area contributed by atoms with Crippen LogP contribution in [0.15, 0.2) is 170 Å². The van der Waals surface area contributed by atoms with Gasteiger partial charge >= 0.3 is 0 Å². The molecular formula is C50H33N3. The van der Waals surface area contributed by atoms with E-state index < -0.39 is 0 Å². The predicted octanol–water partition coefficient (Wildman–Crippen LogP) is 13.1. The van der Waals surface area contributed by atoms with E-state index in [-0.39, 0.29) is 0 Å². The number of imidazole rings is 1. The average molecular weight is 676 g/mol. The Balaban J connectivity index is 1.30. The summed E-state index contributed by atoms with van der Waals surface area (Å²) in [5, 5.41) is 19.3. The zero-order chi connectivity index (χ0) is 35.5. The molecule has 0 N–H and O–H groups in total. The maximum absolute atomic E-state index is 9.59. The van der Waals surface area contributed by atoms with Crippen LogP contribution in [0.5, 0.6) is 0 Å². The van der Waals surface area contributed by atoms with E-state index in [0.29, 0.717) is 5.56 Å². The summed E-state index contributed by atoms with van der Waals surface area (Å²) in [7, 11) is 0. The van der Waals surface area contributed by atoms with Crippen molar-refractivity contribution in [2.45, 2.75) is 13.3 Å². The van der Waals surface area contributed by atoms with E-state index in [4.69, 9.17) is 4.98 Å². The van der Waals surface area contributed by atoms with Crippen molar-refractivity contribution in [2.75, 3.05) is 0 Å². The van der Waals surface area contributed by atoms with Gasteiger partial charge in [-0.1, -0.05) is 140 Å². The maximum atomic E-state index is 9.59. The molecule has 0 fully saturated rings. The molecule has 10 rings (SSSR count). The number of hydrogen-bond donors (Lipinski definition) is 0. The Morgan fingerprint density at radius 2 is 1.19 bits per heavy atom. The van der Waals surface area contributed by atoms with Gasteiger partial charge in [-0.2, -0.15) is 5.26 Å². The van der Waals surface area contributed by atoms with Crippen LogP contribution in [0.1, 0.15) is 18.3 Å². The highest BCUT2D eigenvalue weighted by molar-refractivity contribution is 6.24. The van der Waals surface area contributed by atoms with Crippen molar-refractivity contribution in [3.63, 3.8) is 0 Å². The molecule has 0 radical (unpaired) electrons. The number of rotatable bonds is 5. The van der Waals surface area contributed by atoms with Crippen molar-refractivity contribution in [2.24, 2.45) is 0 Å². The summed E-state index contributed by atoms with van der Waals surface area (Å²) in [6, 6.07) is 63.4. The van der Waals surface area contributed by atoms with Gasteiger partial charge in [-0.25, -0.2) is 4.98 Å². The first-order chi connectivity index (χ1) is 26.2. The Kier molecular flexibility index (Phi) is 7.16. The molecule has 0 spiro atoms. The Hall–Kier alpha value is -7.02. The number of aromatic nitrogens is 2. The molecule has 0 saturated heterocycles. The molecule has 248 valence electrons. The van der Waals surface area contributed by atoms with E-state index in [9.17, 15) is 5.26 Å². The molecule has 0 aliphatic heterocycles. The highest BCUT2D eigenvalue weighted by Crippen LogP contribution is 2.47. The van der Waals surface area contributed by atoms with Crippen molar-refractivity contribution in [1.82, 2.24) is 9.55 Å². The third-order valence-electron chi connectivity index (χ3n) is 10.7. The normalized spacial score (nSPS) is 11.5. The minimum Gasteiger partial charge on any atom is -0.296 e. The zero-order valence-corrected chi connectivity index (χ0v) is 29.2. The quantitative estimate of drug-likeness (QED) is 0.170. The van der Waals surface area contributed by atoms with Gasteiger partial charge in [0, 0.05) is 11.8 Å². The number of aryl methyl sites for hydroxylation is 1. The monoisotopic (exact) mass is 675 g/mol. The molecule has 0 amide bonds. The van der Waals surface area contributed by atoms with Gasteiger partial charge in [-0.15, -0.1) is 0 Å². The van der Waals surface area contributed by atoms with Crippen molar-refractivity contribution < 1.29 is 0 Å². The lowest BCUT2D eigenvalue weighted by molar-refractivity contribution is 0.913. The van der Waals surface area contributed by atoms with Crippen molar-refractivity contribution >= 4 is 54.1 Å². The van der Waals surface area contributed by atoms with Crippen LogP contribution in [0.3, 0.4) is 0 Å². The molecular weight excluding hydrogens is 643 g/mol. The summed E-state index contributed by atoms with van der Waals surface area (Å²) < 4.78 is 2.27. The minimum atomic E-state index is 0.617. The van der Waals surface area contributed by atoms with E-state index in [2.05, 4.69) is 169 Å². The molecule has 0 saturated carbocycles. The summed E-state index contributed by atoms with van der Waals surface area (Å²) in [4.78, 5) is 4.99. The Morgan fingerprint density at radius 3 is 1.98 bits per heavy atom. The summed E-state index contributed by atoms with van der Waals surface area (Å²) in [6.45, 7) is 2.14. The Bertz CT molecular complexity index is 3110. The molecule has 0 unspecified atom stereocenters. The van der Waals surface area contributed by atoms with Crippen LogP contribution >= 0.6 is 0 Å². The average Bonchev–Trinajstić information content (AvgIpc) is 3.60. The van der Waals surface area contributed by atoms with Gasteiger partial charge in [0.2, 0.25) is 0 Å². The van der Waals surface area contributed by atoms with Crippen LogP contribution in [-0.2, 0) is 6.42 Å². The number of nitriles is 1. The molecule has 3 nitrogen and oxygen atoms in total. The van der Waals surface area contributed by atoms with Crippen molar-refractivity contribution in [1.29, 1.82) is 5.26 Å². The van der Waals surface area contributed by atoms with Crippen LogP contribution in [-0.4, -0.2) is 9.55 Å². The highest BCUT2D eigenvalue weighted by Gasteiger charge is 2.21. The molecule has 1 aromatic heterocycles. The first kappa shape index (κ1) is 30.8. The van der Waals surface area contributed by atoms with Gasteiger partial charge in [-0.3, -0.25) is 4.57 Å². The van der Waals surface area contributed by atoms with Gasteiger partial charge in [-0.05, 0) is 107 Å². The molecule has 0 aliphatic rings. The molecule has 53 heavy (non-hydrogen) atoms. The van der Waals surface area contributed by atoms with Crippen LogP contribution < -0.4 is 0 Å². The summed E-state index contributed by atoms with van der Waals surface area (Å²) >= 11 is 0. The van der Waals surface area contributed by atoms with Crippen molar-refractivity contribution in [3.8, 4) is 45.1 Å². The second-order valence-corrected chi connectivity index (χ2v) is 13.7. The largest absolute Gasteiger partial charge is 0.296 e. The predicted molar refractivity (Wildman–Crippen MR) is 221 cm³/mol. The van der Waals surface area contributed by atoms with Gasteiger partial charge < -0.3 is 0 Å². The number of benzene rings is 9. The lowest BCUT2D eigenvalue weighted by atomic mass is 9.83. The van der Waals surface area contributed by atoms with E-state index in [0.717, 1.165) is 34.4 Å². The summed E-state index contributed by atoms with van der Waals surface area (Å²) in [5.74, 6) is 0.970. The smallest absolute Gasteiger partial charge is 0.114 e. The van der Waals surface area contributed by atoms with Crippen LogP contribution in [0.2, 0.25) is 0 Å². The third kappa shape index (κ3) is 4.92. The number of fused-ring (bicyclic) bond motifs is 5. The third-order valence-corrected chi connectivity index (χ3v) is 10.7. The van der Waals surface area contributed by atoms with Crippen LogP contribution in [0.4, 0.5) is 0 Å². The van der Waals surface area contributed by atoms with Gasteiger partial charge in [0.1, 0.15) is 5.82 Å². The standard InChI is InChI=1S/C50H33N3/c1-2-48-52-45-28-32(31-51)20-26-47(45)53(48)46-27-25-42(38-16-8-9-17-39(38)46)50-41-19-11-10-18-40(41)49(37-22-21-34-14-6-7-15-35(34)29-37)44-30-36(23-24-43(44)50)33-12-4-3-5-13-33/h3-30H,2H2,1H3. The highest BCUT2D eigenvalue weighted by atomic mass is 15.1. The van der Waals surface area contributed by atoms with E-state index >= 15 is 0 Å². The maximum Gasteiger partial charge on any atom is 0.114 e. The Labute approximate surface area is 307 Å². The molecule has 10 aromatic rings. The molecule has 9 aromatic carbocycles. The van der Waals surface area contributed by atoms with E-state index in [1.807, 2.05) is 18.2 Å². The fourth-order valence-electron chi connectivity index (χ4n) is 8.34. The molecule has 0 bridgehead atoms. The summed E-state index contributed by atoms with van der Waals surface area (Å²) in [5.41, 5.74) is 10.8. The lowest BCUT2D eigenvalue weighted by Gasteiger charge is -2.21. The van der Waals surface area contributed by atoms with Gasteiger partial charge in [0.25, 0.3) is 0 Å². The molecule has 3 heteroatoms. The Morgan fingerprint density at radius 1 is 0.509 bits per heavy atom. The van der Waals surface area contributed by atoms with Crippen LogP contribution in [0, 0.1) is 11.3 Å². The second kappa shape index (κ2) is 12.3. The minimum absolute atomic E-state index is 0.617. The lowest BCUT2D eigenvalue weighted by Crippen LogP contribution is -2.01. The van der Waals surface area contributed by atoms with E-state index in [1.54, 1.807) is 0 Å². The molecule has 1 heterocycles. The second-order valence-electron chi connectivity index (χ2n) is 13.7. The number of hydrogen-bond acceptors (Lipinski definition) is 2. The fourth-order valence-corrected chi connectivity index (χ4v) is 8.34. The van der Waals surface area contributed by atoms with Gasteiger partial charge in [0.15, 0.2) is 0 Å². The topological polar surface area (TPSA) is 41.6 Å². The van der Waals surface area contributed by atoms with E-state index in [1.165, 1.54) is 71.1 Å². The van der Waals surface area contributed by atoms with Crippen molar-refractivity contribution in [3.05, 3.63) is 181 Å². The fraction of sp³-hybridized carbons (Fsp3) is 0.0400. The SMILES string of the molecule is CCc1nc2cc(C#N)ccc2n1-c1ccc(-c2c3ccccc3c(-c3ccc4ccccc4c3)c3cc(-c4ccccc4)ccc23)c2ccccc12. The molecule has 0 aliphatic carbocycles. The summed E-state index contributed by atoms with van der Waals surface area (Å²) in [6.07, 6.45) is 0.766. The first-order valence-corrected chi connectivity index (χ1v) is 18.2. The number of nitrogens with zero attached hydrogens (tertiary/aromatic N) is 3.